The second kappa shape index (κ2) is 9.93. The number of hydrogen-bond acceptors (Lipinski definition) is 3. The van der Waals surface area contributed by atoms with E-state index in [1.54, 1.807) is 0 Å². The summed E-state index contributed by atoms with van der Waals surface area (Å²) in [5, 5.41) is 3.53. The van der Waals surface area contributed by atoms with Crippen LogP contribution in [0.5, 0.6) is 0 Å². The van der Waals surface area contributed by atoms with Crippen LogP contribution < -0.4 is 5.32 Å². The Morgan fingerprint density at radius 2 is 2.00 bits per heavy atom. The zero-order valence-corrected chi connectivity index (χ0v) is 16.4. The van der Waals surface area contributed by atoms with Crippen LogP contribution in [-0.2, 0) is 4.74 Å². The van der Waals surface area contributed by atoms with Crippen LogP contribution in [0.2, 0.25) is 0 Å². The summed E-state index contributed by atoms with van der Waals surface area (Å²) in [5.41, 5.74) is 1.43. The van der Waals surface area contributed by atoms with Gasteiger partial charge < -0.3 is 15.0 Å². The molecule has 5 heteroatoms. The quantitative estimate of drug-likeness (QED) is 0.627. The lowest BCUT2D eigenvalue weighted by molar-refractivity contribution is 0.104. The maximum absolute atomic E-state index is 5.71. The minimum atomic E-state index is 0.439. The zero-order chi connectivity index (χ0) is 18.2. The first-order chi connectivity index (χ1) is 12.8. The van der Waals surface area contributed by atoms with Crippen molar-refractivity contribution in [3.05, 3.63) is 35.9 Å². The van der Waals surface area contributed by atoms with Crippen LogP contribution in [0.4, 0.5) is 0 Å². The largest absolute Gasteiger partial charge is 0.378 e. The molecule has 2 fully saturated rings. The topological polar surface area (TPSA) is 40.1 Å². The smallest absolute Gasteiger partial charge is 0.193 e. The second-order valence-corrected chi connectivity index (χ2v) is 7.26. The van der Waals surface area contributed by atoms with Crippen LogP contribution in [-0.4, -0.2) is 68.2 Å². The minimum absolute atomic E-state index is 0.439. The molecular weight excluding hydrogens is 324 g/mol. The average molecular weight is 359 g/mol. The number of nitrogens with zero attached hydrogens (tertiary/aromatic N) is 3. The Bertz CT molecular complexity index is 548. The number of guanidine groups is 1. The SMILES string of the molecule is CCC(c1ccccc1)N1CCN(C(=NC)NCCC2CCCO2)CC1. The van der Waals surface area contributed by atoms with Gasteiger partial charge in [-0.05, 0) is 31.2 Å². The van der Waals surface area contributed by atoms with E-state index in [0.717, 1.165) is 58.1 Å². The van der Waals surface area contributed by atoms with Crippen molar-refractivity contribution in [3.8, 4) is 0 Å². The van der Waals surface area contributed by atoms with Crippen molar-refractivity contribution in [2.24, 2.45) is 4.99 Å². The summed E-state index contributed by atoms with van der Waals surface area (Å²) in [7, 11) is 1.89. The van der Waals surface area contributed by atoms with E-state index in [2.05, 4.69) is 57.4 Å². The summed E-state index contributed by atoms with van der Waals surface area (Å²) in [6, 6.07) is 11.4. The van der Waals surface area contributed by atoms with Gasteiger partial charge in [-0.1, -0.05) is 37.3 Å². The lowest BCUT2D eigenvalue weighted by Gasteiger charge is -2.40. The molecule has 2 aliphatic heterocycles. The van der Waals surface area contributed by atoms with Crippen molar-refractivity contribution in [1.29, 1.82) is 0 Å². The lowest BCUT2D eigenvalue weighted by atomic mass is 10.0. The fourth-order valence-corrected chi connectivity index (χ4v) is 4.17. The third kappa shape index (κ3) is 4.98. The molecule has 0 radical (unpaired) electrons. The molecule has 1 aromatic rings. The molecule has 0 aromatic heterocycles. The van der Waals surface area contributed by atoms with Crippen molar-refractivity contribution >= 4 is 5.96 Å². The maximum Gasteiger partial charge on any atom is 0.193 e. The third-order valence-corrected chi connectivity index (χ3v) is 5.61. The van der Waals surface area contributed by atoms with E-state index in [9.17, 15) is 0 Å². The van der Waals surface area contributed by atoms with Gasteiger partial charge in [0.15, 0.2) is 5.96 Å². The molecule has 2 heterocycles. The summed E-state index contributed by atoms with van der Waals surface area (Å²) in [6.07, 6.45) is 5.08. The van der Waals surface area contributed by atoms with Gasteiger partial charge in [0.05, 0.1) is 6.10 Å². The Hall–Kier alpha value is -1.59. The normalized spacial score (nSPS) is 23.2. The van der Waals surface area contributed by atoms with E-state index < -0.39 is 0 Å². The first kappa shape index (κ1) is 19.2. The van der Waals surface area contributed by atoms with Gasteiger partial charge in [-0.25, -0.2) is 0 Å². The van der Waals surface area contributed by atoms with Crippen LogP contribution in [0.1, 0.15) is 44.2 Å². The highest BCUT2D eigenvalue weighted by molar-refractivity contribution is 5.80. The van der Waals surface area contributed by atoms with Crippen LogP contribution in [0.3, 0.4) is 0 Å². The predicted octanol–water partition coefficient (Wildman–Crippen LogP) is 2.90. The molecule has 0 bridgehead atoms. The molecule has 26 heavy (non-hydrogen) atoms. The number of piperazine rings is 1. The van der Waals surface area contributed by atoms with Gasteiger partial charge in [-0.3, -0.25) is 9.89 Å². The van der Waals surface area contributed by atoms with E-state index in [4.69, 9.17) is 4.74 Å². The molecule has 2 atom stereocenters. The molecule has 1 N–H and O–H groups in total. The predicted molar refractivity (Wildman–Crippen MR) is 108 cm³/mol. The van der Waals surface area contributed by atoms with E-state index in [0.29, 0.717) is 12.1 Å². The molecule has 2 aliphatic rings. The van der Waals surface area contributed by atoms with Gasteiger partial charge in [-0.2, -0.15) is 0 Å². The molecule has 144 valence electrons. The summed E-state index contributed by atoms with van der Waals surface area (Å²) in [5.74, 6) is 1.04. The number of aliphatic imine (C=N–C) groups is 1. The molecule has 2 unspecified atom stereocenters. The number of ether oxygens (including phenoxy) is 1. The second-order valence-electron chi connectivity index (χ2n) is 7.26. The summed E-state index contributed by atoms with van der Waals surface area (Å²) in [4.78, 5) is 9.51. The molecule has 2 saturated heterocycles. The first-order valence-electron chi connectivity index (χ1n) is 10.2. The Morgan fingerprint density at radius 3 is 2.62 bits per heavy atom. The van der Waals surface area contributed by atoms with Gasteiger partial charge in [-0.15, -0.1) is 0 Å². The van der Waals surface area contributed by atoms with E-state index in [-0.39, 0.29) is 0 Å². The molecule has 0 aliphatic carbocycles. The maximum atomic E-state index is 5.71. The van der Waals surface area contributed by atoms with Gasteiger partial charge >= 0.3 is 0 Å². The minimum Gasteiger partial charge on any atom is -0.378 e. The molecule has 0 spiro atoms. The van der Waals surface area contributed by atoms with Crippen molar-refractivity contribution in [1.82, 2.24) is 15.1 Å². The first-order valence-corrected chi connectivity index (χ1v) is 10.2. The Morgan fingerprint density at radius 1 is 1.23 bits per heavy atom. The molecule has 1 aromatic carbocycles. The molecule has 3 rings (SSSR count). The summed E-state index contributed by atoms with van der Waals surface area (Å²) in [6.45, 7) is 8.39. The van der Waals surface area contributed by atoms with E-state index in [1.165, 1.54) is 18.4 Å². The number of benzene rings is 1. The van der Waals surface area contributed by atoms with E-state index >= 15 is 0 Å². The fraction of sp³-hybridized carbons (Fsp3) is 0.667. The fourth-order valence-electron chi connectivity index (χ4n) is 4.17. The average Bonchev–Trinajstić information content (AvgIpc) is 3.21. The van der Waals surface area contributed by atoms with Gasteiger partial charge in [0.2, 0.25) is 0 Å². The van der Waals surface area contributed by atoms with Crippen LogP contribution >= 0.6 is 0 Å². The highest BCUT2D eigenvalue weighted by atomic mass is 16.5. The Kier molecular flexibility index (Phi) is 7.32. The standard InChI is InChI=1S/C21H34N4O/c1-3-20(18-8-5-4-6-9-18)24-13-15-25(16-14-24)21(22-2)23-12-11-19-10-7-17-26-19/h4-6,8-9,19-20H,3,7,10-17H2,1-2H3,(H,22,23). The monoisotopic (exact) mass is 358 g/mol. The van der Waals surface area contributed by atoms with Crippen LogP contribution in [0, 0.1) is 0 Å². The van der Waals surface area contributed by atoms with E-state index in [1.807, 2.05) is 7.05 Å². The van der Waals surface area contributed by atoms with Crippen molar-refractivity contribution in [3.63, 3.8) is 0 Å². The van der Waals surface area contributed by atoms with Crippen molar-refractivity contribution < 1.29 is 4.74 Å². The summed E-state index contributed by atoms with van der Waals surface area (Å²) < 4.78 is 5.71. The number of hydrogen-bond donors (Lipinski definition) is 1. The lowest BCUT2D eigenvalue weighted by Crippen LogP contribution is -2.53. The highest BCUT2D eigenvalue weighted by Gasteiger charge is 2.25. The Labute approximate surface area is 158 Å². The van der Waals surface area contributed by atoms with Gasteiger partial charge in [0.1, 0.15) is 0 Å². The number of nitrogens with one attached hydrogen (secondary N) is 1. The van der Waals surface area contributed by atoms with Gasteiger partial charge in [0, 0.05) is 52.4 Å². The van der Waals surface area contributed by atoms with Crippen LogP contribution in [0.25, 0.3) is 0 Å². The molecule has 0 saturated carbocycles. The van der Waals surface area contributed by atoms with Crippen LogP contribution in [0.15, 0.2) is 35.3 Å². The molecule has 0 amide bonds. The Balaban J connectivity index is 1.46. The molecular formula is C21H34N4O. The zero-order valence-electron chi connectivity index (χ0n) is 16.4. The highest BCUT2D eigenvalue weighted by Crippen LogP contribution is 2.25. The van der Waals surface area contributed by atoms with Crippen molar-refractivity contribution in [2.45, 2.75) is 44.8 Å². The van der Waals surface area contributed by atoms with Crippen molar-refractivity contribution in [2.75, 3.05) is 46.4 Å². The van der Waals surface area contributed by atoms with Gasteiger partial charge in [0.25, 0.3) is 0 Å². The number of rotatable bonds is 6. The third-order valence-electron chi connectivity index (χ3n) is 5.61. The molecule has 5 nitrogen and oxygen atoms in total. The summed E-state index contributed by atoms with van der Waals surface area (Å²) >= 11 is 0.